The predicted molar refractivity (Wildman–Crippen MR) is 299 cm³/mol. The maximum atomic E-state index is 14.7. The van der Waals surface area contributed by atoms with Crippen LogP contribution in [-0.2, 0) is 57.6 Å². The number of phenols is 2. The van der Waals surface area contributed by atoms with Gasteiger partial charge >= 0.3 is 6.03 Å². The van der Waals surface area contributed by atoms with Crippen LogP contribution in [0.4, 0.5) is 4.79 Å². The van der Waals surface area contributed by atoms with Gasteiger partial charge in [0, 0.05) is 29.5 Å². The molecule has 2 saturated heterocycles. The SMILES string of the molecule is C[C@@H](O)[C@@H]1NC(=O)[C@H](CCCCCN)NC(=O)[C@@H](CCCCNC(N)=O)NC2OC2[C@H](Cc2ccc(O)cc2)NC(=O)[C@H](NC(=O)[C@@H](N)Cc2ccc(Cl)cc2)CSSC[C@@H](C(=O)N[C@H](Cc2ccc(O)cc2)C(N)=O)NC1=O. The molecule has 3 aromatic carbocycles. The Morgan fingerprint density at radius 1 is 0.734 bits per heavy atom. The maximum absolute atomic E-state index is 14.7. The number of benzene rings is 3. The molecule has 2 unspecified atom stereocenters. The van der Waals surface area contributed by atoms with Crippen molar-refractivity contribution in [1.29, 1.82) is 0 Å². The third-order valence-electron chi connectivity index (χ3n) is 13.0. The summed E-state index contributed by atoms with van der Waals surface area (Å²) in [4.78, 5) is 110. The molecule has 2 fully saturated rings. The van der Waals surface area contributed by atoms with E-state index in [1.807, 2.05) is 0 Å². The molecule has 2 aliphatic rings. The van der Waals surface area contributed by atoms with Crippen LogP contribution < -0.4 is 65.5 Å². The lowest BCUT2D eigenvalue weighted by Gasteiger charge is -2.28. The van der Waals surface area contributed by atoms with Crippen LogP contribution in [0.25, 0.3) is 0 Å². The average Bonchev–Trinajstić information content (AvgIpc) is 4.31. The summed E-state index contributed by atoms with van der Waals surface area (Å²) in [7, 11) is 2.05. The van der Waals surface area contributed by atoms with Gasteiger partial charge in [-0.05, 0) is 112 Å². The first-order valence-corrected chi connectivity index (χ1v) is 28.8. The lowest BCUT2D eigenvalue weighted by Crippen LogP contribution is -2.61. The average molecular weight is 1160 g/mol. The second-order valence-electron chi connectivity index (χ2n) is 19.4. The molecule has 0 bridgehead atoms. The molecule has 19 N–H and O–H groups in total. The molecule has 9 amide bonds. The van der Waals surface area contributed by atoms with E-state index in [-0.39, 0.29) is 61.7 Å². The van der Waals surface area contributed by atoms with Crippen LogP contribution in [0, 0.1) is 0 Å². The molecular weight excluding hydrogens is 1080 g/mol. The topological polar surface area (TPSA) is 410 Å². The number of aliphatic hydroxyl groups excluding tert-OH is 1. The number of nitrogens with two attached hydrogens (primary N) is 4. The highest BCUT2D eigenvalue weighted by Gasteiger charge is 2.48. The number of carbonyl (C=O) groups is 8. The summed E-state index contributed by atoms with van der Waals surface area (Å²) in [5.74, 6) is -6.07. The van der Waals surface area contributed by atoms with Crippen molar-refractivity contribution >= 4 is 80.6 Å². The zero-order chi connectivity index (χ0) is 57.6. The summed E-state index contributed by atoms with van der Waals surface area (Å²) >= 11 is 6.08. The van der Waals surface area contributed by atoms with Gasteiger partial charge in [0.1, 0.15) is 54.0 Å². The Bertz CT molecular complexity index is 2520. The van der Waals surface area contributed by atoms with Gasteiger partial charge in [0.2, 0.25) is 41.4 Å². The molecule has 3 aromatic rings. The highest BCUT2D eigenvalue weighted by molar-refractivity contribution is 8.76. The van der Waals surface area contributed by atoms with Crippen molar-refractivity contribution in [3.8, 4) is 11.5 Å². The number of halogens is 1. The van der Waals surface area contributed by atoms with Crippen molar-refractivity contribution in [3.05, 3.63) is 94.5 Å². The van der Waals surface area contributed by atoms with Gasteiger partial charge < -0.3 is 80.2 Å². The van der Waals surface area contributed by atoms with Crippen molar-refractivity contribution in [2.75, 3.05) is 24.6 Å². The van der Waals surface area contributed by atoms with Crippen LogP contribution in [0.2, 0.25) is 5.02 Å². The number of aromatic hydroxyl groups is 2. The third-order valence-corrected chi connectivity index (χ3v) is 15.7. The Morgan fingerprint density at radius 2 is 1.33 bits per heavy atom. The minimum atomic E-state index is -1.69. The Labute approximate surface area is 470 Å². The van der Waals surface area contributed by atoms with Gasteiger partial charge in [0.15, 0.2) is 0 Å². The summed E-state index contributed by atoms with van der Waals surface area (Å²) in [5, 5.41) is 53.5. The number of ether oxygens (including phenoxy) is 1. The maximum Gasteiger partial charge on any atom is 0.312 e. The second-order valence-corrected chi connectivity index (χ2v) is 22.4. The van der Waals surface area contributed by atoms with Gasteiger partial charge in [-0.25, -0.2) is 4.79 Å². The molecule has 0 radical (unpaired) electrons. The van der Waals surface area contributed by atoms with Crippen molar-refractivity contribution < 1.29 is 58.4 Å². The molecule has 11 atom stereocenters. The Morgan fingerprint density at radius 3 is 1.96 bits per heavy atom. The molecule has 0 aromatic heterocycles. The van der Waals surface area contributed by atoms with E-state index in [1.165, 1.54) is 43.3 Å². The number of unbranched alkanes of at least 4 members (excludes halogenated alkanes) is 3. The van der Waals surface area contributed by atoms with E-state index >= 15 is 0 Å². The van der Waals surface area contributed by atoms with Crippen LogP contribution in [0.5, 0.6) is 11.5 Å². The van der Waals surface area contributed by atoms with Crippen LogP contribution in [0.15, 0.2) is 72.8 Å². The summed E-state index contributed by atoms with van der Waals surface area (Å²) in [5.41, 5.74) is 25.1. The van der Waals surface area contributed by atoms with Crippen LogP contribution in [0.3, 0.4) is 0 Å². The van der Waals surface area contributed by atoms with E-state index < -0.39 is 114 Å². The predicted octanol–water partition coefficient (Wildman–Crippen LogP) is -0.683. The van der Waals surface area contributed by atoms with Gasteiger partial charge in [-0.3, -0.25) is 38.9 Å². The fraction of sp³-hybridized carbons (Fsp3) is 0.500. The minimum Gasteiger partial charge on any atom is -0.508 e. The van der Waals surface area contributed by atoms with Crippen LogP contribution in [-0.4, -0.2) is 154 Å². The molecule has 0 saturated carbocycles. The van der Waals surface area contributed by atoms with Crippen molar-refractivity contribution in [2.24, 2.45) is 22.9 Å². The zero-order valence-electron chi connectivity index (χ0n) is 43.7. The molecule has 2 aliphatic heterocycles. The molecule has 432 valence electrons. The number of fused-ring (bicyclic) bond motifs is 1. The number of nitrogens with one attached hydrogen (secondary N) is 8. The molecule has 27 heteroatoms. The number of phenolic OH excluding ortho intramolecular Hbond substituents is 2. The van der Waals surface area contributed by atoms with E-state index in [0.29, 0.717) is 60.4 Å². The first-order chi connectivity index (χ1) is 37.7. The minimum absolute atomic E-state index is 0.00264. The number of epoxide rings is 1. The van der Waals surface area contributed by atoms with Crippen molar-refractivity contribution in [3.63, 3.8) is 0 Å². The quantitative estimate of drug-likeness (QED) is 0.0337. The first-order valence-electron chi connectivity index (χ1n) is 26.0. The number of urea groups is 1. The largest absolute Gasteiger partial charge is 0.508 e. The molecule has 79 heavy (non-hydrogen) atoms. The standard InChI is InChI=1S/C52H73ClN12O12S2/c1-28(66)42-50(75)63-41(49(74)61-39(44(56)69)25-31-13-19-34(68)20-14-31)27-79-78-26-40(62-45(70)35(55)23-29-9-15-32(53)16-10-29)48(73)60-38(24-30-11-17-33(67)18-12-30)43-51(77-43)64-37(8-4-6-22-58-52(57)76)46(71)59-36(47(72)65-42)7-3-2-5-21-54/h9-20,28,35-43,51,64,66-68H,2-8,21-27,54-55H2,1H3,(H2,56,69)(H,59,71)(H,60,73)(H,61,74)(H,62,70)(H,63,75)(H,65,72)(H3,57,58,76)/t28-,35+,36+,37-,38+,39-,40-,41+,42+,43?,51?/m1/s1. The number of primary amides is 2. The van der Waals surface area contributed by atoms with Gasteiger partial charge in [-0.2, -0.15) is 0 Å². The van der Waals surface area contributed by atoms with Crippen molar-refractivity contribution in [1.82, 2.24) is 42.5 Å². The Balaban J connectivity index is 1.52. The van der Waals surface area contributed by atoms with Crippen molar-refractivity contribution in [2.45, 2.75) is 138 Å². The monoisotopic (exact) mass is 1160 g/mol. The smallest absolute Gasteiger partial charge is 0.312 e. The summed E-state index contributed by atoms with van der Waals surface area (Å²) < 4.78 is 6.16. The van der Waals surface area contributed by atoms with Crippen LogP contribution in [0.1, 0.15) is 68.6 Å². The molecule has 24 nitrogen and oxygen atoms in total. The lowest BCUT2D eigenvalue weighted by molar-refractivity contribution is -0.136. The number of hydrogen-bond donors (Lipinski definition) is 15. The molecule has 5 rings (SSSR count). The van der Waals surface area contributed by atoms with E-state index in [4.69, 9.17) is 39.3 Å². The second kappa shape index (κ2) is 32.0. The zero-order valence-corrected chi connectivity index (χ0v) is 46.1. The fourth-order valence-corrected chi connectivity index (χ4v) is 10.9. The number of amides is 9. The number of rotatable bonds is 22. The fourth-order valence-electron chi connectivity index (χ4n) is 8.49. The van der Waals surface area contributed by atoms with E-state index in [2.05, 4.69) is 42.5 Å². The number of hydrogen-bond acceptors (Lipinski definition) is 17. The first kappa shape index (κ1) is 63.4. The molecular formula is C52H73ClN12O12S2. The normalized spacial score (nSPS) is 23.6. The summed E-state index contributed by atoms with van der Waals surface area (Å²) in [6.07, 6.45) is -0.417. The Kier molecular flexibility index (Phi) is 25.7. The van der Waals surface area contributed by atoms with Gasteiger partial charge in [0.25, 0.3) is 0 Å². The van der Waals surface area contributed by atoms with E-state index in [1.54, 1.807) is 36.4 Å². The number of carbonyl (C=O) groups excluding carboxylic acids is 8. The third kappa shape index (κ3) is 21.6. The van der Waals surface area contributed by atoms with Crippen LogP contribution >= 0.6 is 33.2 Å². The molecule has 2 heterocycles. The molecule has 0 aliphatic carbocycles. The highest BCUT2D eigenvalue weighted by atomic mass is 35.5. The van der Waals surface area contributed by atoms with E-state index in [9.17, 15) is 53.7 Å². The van der Waals surface area contributed by atoms with Gasteiger partial charge in [-0.15, -0.1) is 0 Å². The summed E-state index contributed by atoms with van der Waals surface area (Å²) in [6, 6.07) is 8.06. The lowest BCUT2D eigenvalue weighted by atomic mass is 10.0. The van der Waals surface area contributed by atoms with Gasteiger partial charge in [0.05, 0.1) is 24.2 Å². The van der Waals surface area contributed by atoms with Gasteiger partial charge in [-0.1, -0.05) is 82.4 Å². The van der Waals surface area contributed by atoms with E-state index in [0.717, 1.165) is 21.6 Å². The Hall–Kier alpha value is -6.39. The molecule has 0 spiro atoms. The number of aliphatic hydroxyl groups is 1. The summed E-state index contributed by atoms with van der Waals surface area (Å²) in [6.45, 7) is 1.82. The highest BCUT2D eigenvalue weighted by Crippen LogP contribution is 2.29.